The van der Waals surface area contributed by atoms with E-state index in [1.165, 1.54) is 58.3 Å². The lowest BCUT2D eigenvalue weighted by Gasteiger charge is -2.35. The Morgan fingerprint density at radius 3 is 1.40 bits per heavy atom. The normalized spacial score (nSPS) is 43.2. The summed E-state index contributed by atoms with van der Waals surface area (Å²) in [6, 6.07) is 2.00. The predicted octanol–water partition coefficient (Wildman–Crippen LogP) is 1.56. The lowest BCUT2D eigenvalue weighted by molar-refractivity contribution is 0.138. The molecule has 2 heterocycles. The zero-order chi connectivity index (χ0) is 9.83. The van der Waals surface area contributed by atoms with Crippen molar-refractivity contribution in [3.05, 3.63) is 0 Å². The maximum atomic E-state index is 2.81. The van der Waals surface area contributed by atoms with Crippen molar-refractivity contribution in [2.45, 2.75) is 44.2 Å². The van der Waals surface area contributed by atoms with Crippen LogP contribution in [0.5, 0.6) is 0 Å². The second kappa shape index (κ2) is 3.21. The molecule has 2 aliphatic heterocycles. The van der Waals surface area contributed by atoms with Gasteiger partial charge in [0.05, 0.1) is 0 Å². The van der Waals surface area contributed by atoms with Crippen molar-refractivity contribution >= 4 is 0 Å². The first-order chi connectivity index (χ1) is 7.40. The largest absolute Gasteiger partial charge is 0.300 e. The van der Waals surface area contributed by atoms with Gasteiger partial charge in [0.2, 0.25) is 0 Å². The van der Waals surface area contributed by atoms with Crippen LogP contribution in [0.2, 0.25) is 0 Å². The summed E-state index contributed by atoms with van der Waals surface area (Å²) < 4.78 is 0. The highest BCUT2D eigenvalue weighted by Crippen LogP contribution is 2.40. The Labute approximate surface area is 92.6 Å². The standard InChI is InChI=1S/C13H22N2/c1-2-12(3-1)14-6-10-8-15(13-4-5-13)9-11(10)7-14/h10-13H,1-9H2. The summed E-state index contributed by atoms with van der Waals surface area (Å²) in [4.78, 5) is 5.59. The third kappa shape index (κ3) is 1.45. The Morgan fingerprint density at radius 1 is 0.600 bits per heavy atom. The van der Waals surface area contributed by atoms with E-state index in [0.717, 1.165) is 23.9 Å². The van der Waals surface area contributed by atoms with Crippen molar-refractivity contribution in [1.29, 1.82) is 0 Å². The molecule has 2 atom stereocenters. The van der Waals surface area contributed by atoms with Crippen LogP contribution in [-0.2, 0) is 0 Å². The van der Waals surface area contributed by atoms with E-state index in [4.69, 9.17) is 0 Å². The zero-order valence-corrected chi connectivity index (χ0v) is 9.57. The molecule has 0 radical (unpaired) electrons. The summed E-state index contributed by atoms with van der Waals surface area (Å²) >= 11 is 0. The first-order valence-corrected chi connectivity index (χ1v) is 6.88. The van der Waals surface area contributed by atoms with Crippen LogP contribution in [0.3, 0.4) is 0 Å². The van der Waals surface area contributed by atoms with Crippen LogP contribution in [0.1, 0.15) is 32.1 Å². The summed E-state index contributed by atoms with van der Waals surface area (Å²) in [5.41, 5.74) is 0. The van der Waals surface area contributed by atoms with Gasteiger partial charge in [-0.05, 0) is 37.5 Å². The van der Waals surface area contributed by atoms with Crippen LogP contribution in [0, 0.1) is 11.8 Å². The maximum Gasteiger partial charge on any atom is 0.00966 e. The molecule has 2 unspecified atom stereocenters. The molecule has 2 heteroatoms. The highest BCUT2D eigenvalue weighted by molar-refractivity contribution is 5.00. The Balaban J connectivity index is 1.38. The molecule has 0 N–H and O–H groups in total. The number of hydrogen-bond acceptors (Lipinski definition) is 2. The summed E-state index contributed by atoms with van der Waals surface area (Å²) in [5.74, 6) is 2.07. The van der Waals surface area contributed by atoms with E-state index in [1.54, 1.807) is 0 Å². The van der Waals surface area contributed by atoms with Crippen molar-refractivity contribution in [2.75, 3.05) is 26.2 Å². The van der Waals surface area contributed by atoms with Crippen LogP contribution in [0.15, 0.2) is 0 Å². The molecular formula is C13H22N2. The number of rotatable bonds is 2. The van der Waals surface area contributed by atoms with Crippen LogP contribution in [-0.4, -0.2) is 48.1 Å². The van der Waals surface area contributed by atoms with Crippen molar-refractivity contribution in [3.8, 4) is 0 Å². The first kappa shape index (κ1) is 9.00. The van der Waals surface area contributed by atoms with Gasteiger partial charge in [0.1, 0.15) is 0 Å². The summed E-state index contributed by atoms with van der Waals surface area (Å²) in [6.07, 6.45) is 7.46. The molecule has 0 bridgehead atoms. The van der Waals surface area contributed by atoms with E-state index in [-0.39, 0.29) is 0 Å². The fraction of sp³-hybridized carbons (Fsp3) is 1.00. The quantitative estimate of drug-likeness (QED) is 0.676. The van der Waals surface area contributed by atoms with Gasteiger partial charge in [-0.2, -0.15) is 0 Å². The summed E-state index contributed by atoms with van der Waals surface area (Å²) in [5, 5.41) is 0. The SMILES string of the molecule is C1CC(N2CC3CN(C4CC4)CC3C2)C1. The van der Waals surface area contributed by atoms with Gasteiger partial charge in [-0.3, -0.25) is 9.80 Å². The maximum absolute atomic E-state index is 2.81. The fourth-order valence-electron chi connectivity index (χ4n) is 3.85. The van der Waals surface area contributed by atoms with Crippen LogP contribution < -0.4 is 0 Å². The average Bonchev–Trinajstić information content (AvgIpc) is 2.78. The second-order valence-corrected chi connectivity index (χ2v) is 6.24. The van der Waals surface area contributed by atoms with Gasteiger partial charge in [-0.1, -0.05) is 6.42 Å². The molecule has 0 amide bonds. The highest BCUT2D eigenvalue weighted by Gasteiger charge is 2.45. The van der Waals surface area contributed by atoms with E-state index in [1.807, 2.05) is 0 Å². The summed E-state index contributed by atoms with van der Waals surface area (Å²) in [7, 11) is 0. The zero-order valence-electron chi connectivity index (χ0n) is 9.57. The predicted molar refractivity (Wildman–Crippen MR) is 60.8 cm³/mol. The molecule has 4 rings (SSSR count). The van der Waals surface area contributed by atoms with Crippen molar-refractivity contribution < 1.29 is 0 Å². The topological polar surface area (TPSA) is 6.48 Å². The summed E-state index contributed by atoms with van der Waals surface area (Å²) in [6.45, 7) is 5.72. The Morgan fingerprint density at radius 2 is 1.07 bits per heavy atom. The minimum absolute atomic E-state index is 0.991. The molecule has 0 spiro atoms. The van der Waals surface area contributed by atoms with Crippen LogP contribution in [0.25, 0.3) is 0 Å². The van der Waals surface area contributed by atoms with E-state index < -0.39 is 0 Å². The highest BCUT2D eigenvalue weighted by atomic mass is 15.3. The van der Waals surface area contributed by atoms with Crippen molar-refractivity contribution in [2.24, 2.45) is 11.8 Å². The molecule has 0 aromatic carbocycles. The number of hydrogen-bond donors (Lipinski definition) is 0. The molecule has 2 saturated heterocycles. The number of likely N-dealkylation sites (tertiary alicyclic amines) is 2. The van der Waals surface area contributed by atoms with Crippen LogP contribution >= 0.6 is 0 Å². The molecule has 84 valence electrons. The molecule has 0 aromatic rings. The van der Waals surface area contributed by atoms with Gasteiger partial charge in [-0.25, -0.2) is 0 Å². The Bertz CT molecular complexity index is 243. The third-order valence-corrected chi connectivity index (χ3v) is 5.20. The Hall–Kier alpha value is -0.0800. The lowest BCUT2D eigenvalue weighted by Crippen LogP contribution is -2.40. The van der Waals surface area contributed by atoms with Gasteiger partial charge in [0.15, 0.2) is 0 Å². The number of fused-ring (bicyclic) bond motifs is 1. The average molecular weight is 206 g/mol. The van der Waals surface area contributed by atoms with Crippen LogP contribution in [0.4, 0.5) is 0 Å². The Kier molecular flexibility index (Phi) is 1.92. The smallest absolute Gasteiger partial charge is 0.00966 e. The molecule has 2 saturated carbocycles. The molecule has 0 aromatic heterocycles. The van der Waals surface area contributed by atoms with Gasteiger partial charge in [0, 0.05) is 38.3 Å². The molecule has 15 heavy (non-hydrogen) atoms. The fourth-order valence-corrected chi connectivity index (χ4v) is 3.85. The molecule has 2 aliphatic carbocycles. The van der Waals surface area contributed by atoms with E-state index >= 15 is 0 Å². The minimum Gasteiger partial charge on any atom is -0.300 e. The van der Waals surface area contributed by atoms with Crippen molar-refractivity contribution in [1.82, 2.24) is 9.80 Å². The van der Waals surface area contributed by atoms with Gasteiger partial charge in [0.25, 0.3) is 0 Å². The molecule has 4 aliphatic rings. The minimum atomic E-state index is 0.991. The van der Waals surface area contributed by atoms with Gasteiger partial charge >= 0.3 is 0 Å². The lowest BCUT2D eigenvalue weighted by atomic mass is 9.92. The third-order valence-electron chi connectivity index (χ3n) is 5.20. The van der Waals surface area contributed by atoms with E-state index in [0.29, 0.717) is 0 Å². The van der Waals surface area contributed by atoms with E-state index in [2.05, 4.69) is 9.80 Å². The first-order valence-electron chi connectivity index (χ1n) is 6.88. The van der Waals surface area contributed by atoms with Gasteiger partial charge in [-0.15, -0.1) is 0 Å². The molecule has 2 nitrogen and oxygen atoms in total. The van der Waals surface area contributed by atoms with E-state index in [9.17, 15) is 0 Å². The molecule has 4 fully saturated rings. The number of nitrogens with zero attached hydrogens (tertiary/aromatic N) is 2. The molecular weight excluding hydrogens is 184 g/mol. The van der Waals surface area contributed by atoms with Crippen molar-refractivity contribution in [3.63, 3.8) is 0 Å². The van der Waals surface area contributed by atoms with Gasteiger partial charge < -0.3 is 0 Å². The second-order valence-electron chi connectivity index (χ2n) is 6.24. The monoisotopic (exact) mass is 206 g/mol.